The van der Waals surface area contributed by atoms with E-state index in [0.717, 1.165) is 16.3 Å². The van der Waals surface area contributed by atoms with E-state index in [4.69, 9.17) is 5.11 Å². The quantitative estimate of drug-likeness (QED) is 0.459. The normalized spacial score (nSPS) is 31.8. The van der Waals surface area contributed by atoms with Gasteiger partial charge in [-0.2, -0.15) is 0 Å². The van der Waals surface area contributed by atoms with Gasteiger partial charge in [0.05, 0.1) is 21.5 Å². The monoisotopic (exact) mass is 386 g/mol. The van der Waals surface area contributed by atoms with Crippen molar-refractivity contribution < 1.29 is 15.3 Å². The van der Waals surface area contributed by atoms with Crippen molar-refractivity contribution in [1.82, 2.24) is 9.55 Å². The summed E-state index contributed by atoms with van der Waals surface area (Å²) in [4.78, 5) is 25.0. The summed E-state index contributed by atoms with van der Waals surface area (Å²) in [5, 5.41) is 27.3. The van der Waals surface area contributed by atoms with Crippen LogP contribution in [0.25, 0.3) is 0 Å². The molecule has 7 nitrogen and oxygen atoms in total. The SMILES string of the molecule is O=c1[nH]c(=O)n([C@@H]2S[C@@H](CO)[C@@H](O)[C@H]2O)cc1I. The van der Waals surface area contributed by atoms with E-state index in [9.17, 15) is 19.8 Å². The van der Waals surface area contributed by atoms with Crippen LogP contribution in [-0.2, 0) is 0 Å². The van der Waals surface area contributed by atoms with Gasteiger partial charge in [0.25, 0.3) is 5.56 Å². The van der Waals surface area contributed by atoms with Gasteiger partial charge in [0.2, 0.25) is 0 Å². The van der Waals surface area contributed by atoms with Crippen LogP contribution >= 0.6 is 34.4 Å². The largest absolute Gasteiger partial charge is 0.395 e. The van der Waals surface area contributed by atoms with Gasteiger partial charge < -0.3 is 15.3 Å². The van der Waals surface area contributed by atoms with Crippen molar-refractivity contribution in [2.75, 3.05) is 6.61 Å². The van der Waals surface area contributed by atoms with Crippen molar-refractivity contribution >= 4 is 34.4 Å². The standard InChI is InChI=1S/C9H11IN2O5S/c10-3-1-12(9(17)11-7(3)16)8-6(15)5(14)4(2-13)18-8/h1,4-6,8,13-15H,2H2,(H,11,16,17)/t4-,5+,6+,8+/m0/s1. The van der Waals surface area contributed by atoms with Gasteiger partial charge in [0.1, 0.15) is 11.5 Å². The molecular formula is C9H11IN2O5S. The lowest BCUT2D eigenvalue weighted by atomic mass is 10.1. The number of H-pyrrole nitrogens is 1. The van der Waals surface area contributed by atoms with Gasteiger partial charge in [-0.05, 0) is 22.6 Å². The van der Waals surface area contributed by atoms with Gasteiger partial charge in [-0.1, -0.05) is 0 Å². The Hall–Kier alpha value is -0.360. The van der Waals surface area contributed by atoms with Crippen LogP contribution in [0.2, 0.25) is 0 Å². The molecule has 0 spiro atoms. The van der Waals surface area contributed by atoms with E-state index >= 15 is 0 Å². The zero-order chi connectivity index (χ0) is 13.4. The zero-order valence-electron chi connectivity index (χ0n) is 8.99. The number of rotatable bonds is 2. The molecule has 100 valence electrons. The zero-order valence-corrected chi connectivity index (χ0v) is 12.0. The summed E-state index contributed by atoms with van der Waals surface area (Å²) in [6, 6.07) is 0. The van der Waals surface area contributed by atoms with Gasteiger partial charge in [0.15, 0.2) is 0 Å². The summed E-state index contributed by atoms with van der Waals surface area (Å²) in [6.45, 7) is -0.297. The lowest BCUT2D eigenvalue weighted by Crippen LogP contribution is -2.38. The van der Waals surface area contributed by atoms with Gasteiger partial charge in [-0.3, -0.25) is 14.3 Å². The Bertz CT molecular complexity index is 559. The average Bonchev–Trinajstić information content (AvgIpc) is 2.61. The summed E-state index contributed by atoms with van der Waals surface area (Å²) in [6.07, 6.45) is -0.956. The van der Waals surface area contributed by atoms with Crippen LogP contribution in [-0.4, -0.2) is 48.9 Å². The number of hydrogen-bond donors (Lipinski definition) is 4. The van der Waals surface area contributed by atoms with E-state index in [-0.39, 0.29) is 6.61 Å². The molecule has 1 saturated heterocycles. The topological polar surface area (TPSA) is 116 Å². The van der Waals surface area contributed by atoms with Crippen molar-refractivity contribution in [2.45, 2.75) is 22.8 Å². The fraction of sp³-hybridized carbons (Fsp3) is 0.556. The molecule has 0 aliphatic carbocycles. The number of nitrogens with one attached hydrogen (secondary N) is 1. The van der Waals surface area contributed by atoms with Crippen molar-refractivity contribution in [3.05, 3.63) is 30.6 Å². The van der Waals surface area contributed by atoms with Crippen LogP contribution in [0.3, 0.4) is 0 Å². The van der Waals surface area contributed by atoms with E-state index in [2.05, 4.69) is 4.98 Å². The average molecular weight is 386 g/mol. The van der Waals surface area contributed by atoms with Gasteiger partial charge in [-0.15, -0.1) is 11.8 Å². The number of hydrogen-bond acceptors (Lipinski definition) is 6. The molecule has 1 aromatic rings. The first kappa shape index (κ1) is 14.1. The van der Waals surface area contributed by atoms with Crippen LogP contribution in [0.4, 0.5) is 0 Å². The summed E-state index contributed by atoms with van der Waals surface area (Å²) < 4.78 is 1.47. The second-order valence-electron chi connectivity index (χ2n) is 3.87. The Morgan fingerprint density at radius 2 is 2.06 bits per heavy atom. The second-order valence-corrected chi connectivity index (χ2v) is 6.40. The predicted octanol–water partition coefficient (Wildman–Crippen LogP) is -1.53. The Kier molecular flexibility index (Phi) is 4.16. The first-order chi connectivity index (χ1) is 8.45. The molecule has 9 heteroatoms. The minimum Gasteiger partial charge on any atom is -0.395 e. The van der Waals surface area contributed by atoms with E-state index in [1.807, 2.05) is 0 Å². The highest BCUT2D eigenvalue weighted by atomic mass is 127. The molecule has 1 aliphatic heterocycles. The maximum Gasteiger partial charge on any atom is 0.329 e. The Morgan fingerprint density at radius 1 is 1.39 bits per heavy atom. The molecule has 2 rings (SSSR count). The number of aliphatic hydroxyl groups excluding tert-OH is 3. The van der Waals surface area contributed by atoms with Crippen molar-refractivity contribution in [2.24, 2.45) is 0 Å². The lowest BCUT2D eigenvalue weighted by Gasteiger charge is -2.17. The molecule has 1 fully saturated rings. The van der Waals surface area contributed by atoms with Crippen molar-refractivity contribution in [3.8, 4) is 0 Å². The van der Waals surface area contributed by atoms with E-state index < -0.39 is 34.1 Å². The maximum atomic E-state index is 11.7. The first-order valence-electron chi connectivity index (χ1n) is 5.09. The summed E-state index contributed by atoms with van der Waals surface area (Å²) in [7, 11) is 0. The van der Waals surface area contributed by atoms with Gasteiger partial charge in [-0.25, -0.2) is 4.79 Å². The molecular weight excluding hydrogens is 375 g/mol. The lowest BCUT2D eigenvalue weighted by molar-refractivity contribution is 0.0101. The van der Waals surface area contributed by atoms with E-state index in [1.165, 1.54) is 6.20 Å². The minimum absolute atomic E-state index is 0.297. The first-order valence-corrected chi connectivity index (χ1v) is 7.11. The fourth-order valence-corrected chi connectivity index (χ4v) is 3.57. The third-order valence-electron chi connectivity index (χ3n) is 2.72. The molecule has 0 radical (unpaired) electrons. The van der Waals surface area contributed by atoms with E-state index in [0.29, 0.717) is 3.57 Å². The highest BCUT2D eigenvalue weighted by Gasteiger charge is 2.43. The van der Waals surface area contributed by atoms with Crippen LogP contribution in [0.15, 0.2) is 15.8 Å². The van der Waals surface area contributed by atoms with Crippen molar-refractivity contribution in [1.29, 1.82) is 0 Å². The molecule has 0 amide bonds. The Balaban J connectivity index is 2.42. The highest BCUT2D eigenvalue weighted by Crippen LogP contribution is 2.40. The second kappa shape index (κ2) is 5.33. The maximum absolute atomic E-state index is 11.7. The molecule has 2 heterocycles. The smallest absolute Gasteiger partial charge is 0.329 e. The molecule has 4 atom stereocenters. The molecule has 18 heavy (non-hydrogen) atoms. The highest BCUT2D eigenvalue weighted by molar-refractivity contribution is 14.1. The van der Waals surface area contributed by atoms with E-state index in [1.54, 1.807) is 22.6 Å². The Morgan fingerprint density at radius 3 is 2.61 bits per heavy atom. The van der Waals surface area contributed by atoms with Crippen LogP contribution < -0.4 is 11.2 Å². The summed E-state index contributed by atoms with van der Waals surface area (Å²) in [5.41, 5.74) is -1.14. The third-order valence-corrected chi connectivity index (χ3v) is 5.05. The number of nitrogens with zero attached hydrogens (tertiary/aromatic N) is 1. The predicted molar refractivity (Wildman–Crippen MR) is 73.6 cm³/mol. The number of aliphatic hydroxyl groups is 3. The summed E-state index contributed by atoms with van der Waals surface area (Å²) >= 11 is 2.87. The Labute approximate surface area is 119 Å². The molecule has 4 N–H and O–H groups in total. The third kappa shape index (κ3) is 2.37. The van der Waals surface area contributed by atoms with Crippen molar-refractivity contribution in [3.63, 3.8) is 0 Å². The van der Waals surface area contributed by atoms with Crippen LogP contribution in [0.5, 0.6) is 0 Å². The van der Waals surface area contributed by atoms with Gasteiger partial charge in [0, 0.05) is 6.20 Å². The number of aromatic amines is 1. The molecule has 0 saturated carbocycles. The molecule has 1 aromatic heterocycles. The van der Waals surface area contributed by atoms with Crippen LogP contribution in [0, 0.1) is 3.57 Å². The number of aromatic nitrogens is 2. The minimum atomic E-state index is -1.17. The molecule has 0 unspecified atom stereocenters. The molecule has 1 aliphatic rings. The molecule has 0 bridgehead atoms. The van der Waals surface area contributed by atoms with Crippen LogP contribution in [0.1, 0.15) is 5.37 Å². The summed E-state index contributed by atoms with van der Waals surface area (Å²) in [5.74, 6) is 0. The number of thioether (sulfide) groups is 1. The number of halogens is 1. The fourth-order valence-electron chi connectivity index (χ4n) is 1.76. The van der Waals surface area contributed by atoms with Gasteiger partial charge >= 0.3 is 5.69 Å². The molecule has 0 aromatic carbocycles.